The molecule has 1 aromatic carbocycles. The van der Waals surface area contributed by atoms with Crippen LogP contribution in [0.25, 0.3) is 0 Å². The number of esters is 1. The first kappa shape index (κ1) is 12.9. The van der Waals surface area contributed by atoms with E-state index in [4.69, 9.17) is 14.2 Å². The monoisotopic (exact) mass is 250 g/mol. The van der Waals surface area contributed by atoms with Gasteiger partial charge in [-0.25, -0.2) is 4.79 Å². The van der Waals surface area contributed by atoms with Crippen LogP contribution in [0.3, 0.4) is 0 Å². The highest BCUT2D eigenvalue weighted by Gasteiger charge is 2.58. The molecule has 0 saturated carbocycles. The van der Waals surface area contributed by atoms with Crippen LogP contribution in [0.2, 0.25) is 0 Å². The number of hydrogen-bond donors (Lipinski definition) is 0. The van der Waals surface area contributed by atoms with E-state index in [2.05, 4.69) is 0 Å². The van der Waals surface area contributed by atoms with E-state index in [9.17, 15) is 4.79 Å². The van der Waals surface area contributed by atoms with Gasteiger partial charge in [-0.2, -0.15) is 0 Å². The molecule has 18 heavy (non-hydrogen) atoms. The van der Waals surface area contributed by atoms with Crippen molar-refractivity contribution in [1.82, 2.24) is 0 Å². The SMILES string of the molecule is CCOC(=O)C1OC1(C)Cc1ccccc1OC. The summed E-state index contributed by atoms with van der Waals surface area (Å²) in [6.45, 7) is 4.09. The lowest BCUT2D eigenvalue weighted by molar-refractivity contribution is -0.144. The molecule has 0 amide bonds. The van der Waals surface area contributed by atoms with E-state index in [0.29, 0.717) is 13.0 Å². The van der Waals surface area contributed by atoms with E-state index in [1.165, 1.54) is 0 Å². The number of carbonyl (C=O) groups excluding carboxylic acids is 1. The second-order valence-corrected chi connectivity index (χ2v) is 4.55. The minimum atomic E-state index is -0.471. The number of methoxy groups -OCH3 is 1. The second-order valence-electron chi connectivity index (χ2n) is 4.55. The average Bonchev–Trinajstić information content (AvgIpc) is 3.02. The molecule has 4 heteroatoms. The third kappa shape index (κ3) is 2.48. The van der Waals surface area contributed by atoms with E-state index in [1.807, 2.05) is 31.2 Å². The predicted octanol–water partition coefficient (Wildman–Crippen LogP) is 1.96. The van der Waals surface area contributed by atoms with Gasteiger partial charge in [-0.3, -0.25) is 0 Å². The predicted molar refractivity (Wildman–Crippen MR) is 66.6 cm³/mol. The number of para-hydroxylation sites is 1. The Morgan fingerprint density at radius 2 is 2.17 bits per heavy atom. The van der Waals surface area contributed by atoms with Crippen LogP contribution in [0, 0.1) is 0 Å². The zero-order chi connectivity index (χ0) is 13.2. The molecule has 0 N–H and O–H groups in total. The van der Waals surface area contributed by atoms with Crippen molar-refractivity contribution in [2.45, 2.75) is 32.0 Å². The van der Waals surface area contributed by atoms with Crippen molar-refractivity contribution in [1.29, 1.82) is 0 Å². The first-order valence-corrected chi connectivity index (χ1v) is 6.07. The summed E-state index contributed by atoms with van der Waals surface area (Å²) >= 11 is 0. The van der Waals surface area contributed by atoms with E-state index in [-0.39, 0.29) is 5.97 Å². The first-order valence-electron chi connectivity index (χ1n) is 6.07. The number of ether oxygens (including phenoxy) is 3. The molecule has 2 rings (SSSR count). The van der Waals surface area contributed by atoms with Gasteiger partial charge in [0.1, 0.15) is 11.4 Å². The van der Waals surface area contributed by atoms with E-state index < -0.39 is 11.7 Å². The van der Waals surface area contributed by atoms with Crippen molar-refractivity contribution in [2.75, 3.05) is 13.7 Å². The van der Waals surface area contributed by atoms with Crippen LogP contribution in [0.15, 0.2) is 24.3 Å². The fraction of sp³-hybridized carbons (Fsp3) is 0.500. The summed E-state index contributed by atoms with van der Waals surface area (Å²) in [7, 11) is 1.64. The van der Waals surface area contributed by atoms with Gasteiger partial charge in [-0.15, -0.1) is 0 Å². The molecule has 1 aliphatic heterocycles. The van der Waals surface area contributed by atoms with Gasteiger partial charge in [0.2, 0.25) is 0 Å². The second kappa shape index (κ2) is 4.98. The molecule has 1 aliphatic rings. The molecular weight excluding hydrogens is 232 g/mol. The number of rotatable bonds is 5. The lowest BCUT2D eigenvalue weighted by Crippen LogP contribution is -2.22. The number of epoxide rings is 1. The Morgan fingerprint density at radius 3 is 2.83 bits per heavy atom. The van der Waals surface area contributed by atoms with Crippen LogP contribution in [-0.4, -0.2) is 31.4 Å². The van der Waals surface area contributed by atoms with Crippen molar-refractivity contribution >= 4 is 5.97 Å². The maximum absolute atomic E-state index is 11.6. The molecule has 0 spiro atoms. The summed E-state index contributed by atoms with van der Waals surface area (Å²) in [4.78, 5) is 11.6. The Kier molecular flexibility index (Phi) is 3.57. The Hall–Kier alpha value is -1.55. The van der Waals surface area contributed by atoms with Gasteiger partial charge in [-0.1, -0.05) is 18.2 Å². The maximum atomic E-state index is 11.6. The molecule has 4 nitrogen and oxygen atoms in total. The van der Waals surface area contributed by atoms with Crippen molar-refractivity contribution in [3.8, 4) is 5.75 Å². The summed E-state index contributed by atoms with van der Waals surface area (Å²) in [5, 5.41) is 0. The van der Waals surface area contributed by atoms with Crippen molar-refractivity contribution in [3.05, 3.63) is 29.8 Å². The highest BCUT2D eigenvalue weighted by molar-refractivity contribution is 5.79. The molecule has 1 aromatic rings. The molecule has 0 bridgehead atoms. The van der Waals surface area contributed by atoms with Gasteiger partial charge in [0.05, 0.1) is 13.7 Å². The standard InChI is InChI=1S/C14H18O4/c1-4-17-13(15)12-14(2,18-12)9-10-7-5-6-8-11(10)16-3/h5-8,12H,4,9H2,1-3H3. The molecule has 1 saturated heterocycles. The largest absolute Gasteiger partial charge is 0.496 e. The lowest BCUT2D eigenvalue weighted by atomic mass is 9.97. The Labute approximate surface area is 107 Å². The molecule has 0 aromatic heterocycles. The average molecular weight is 250 g/mol. The van der Waals surface area contributed by atoms with Crippen LogP contribution in [0.1, 0.15) is 19.4 Å². The quantitative estimate of drug-likeness (QED) is 0.592. The van der Waals surface area contributed by atoms with Gasteiger partial charge in [0.25, 0.3) is 0 Å². The minimum Gasteiger partial charge on any atom is -0.496 e. The van der Waals surface area contributed by atoms with Gasteiger partial charge < -0.3 is 14.2 Å². The number of hydrogen-bond acceptors (Lipinski definition) is 4. The summed E-state index contributed by atoms with van der Waals surface area (Å²) < 4.78 is 15.7. The van der Waals surface area contributed by atoms with Gasteiger partial charge in [0, 0.05) is 6.42 Å². The van der Waals surface area contributed by atoms with Crippen LogP contribution in [0.5, 0.6) is 5.75 Å². The van der Waals surface area contributed by atoms with Crippen LogP contribution in [0.4, 0.5) is 0 Å². The fourth-order valence-corrected chi connectivity index (χ4v) is 2.11. The number of carbonyl (C=O) groups is 1. The van der Waals surface area contributed by atoms with Crippen molar-refractivity contribution in [3.63, 3.8) is 0 Å². The van der Waals surface area contributed by atoms with E-state index >= 15 is 0 Å². The summed E-state index contributed by atoms with van der Waals surface area (Å²) in [5.74, 6) is 0.534. The van der Waals surface area contributed by atoms with Crippen LogP contribution >= 0.6 is 0 Å². The lowest BCUT2D eigenvalue weighted by Gasteiger charge is -2.10. The Bertz CT molecular complexity index is 443. The maximum Gasteiger partial charge on any atom is 0.338 e. The summed E-state index contributed by atoms with van der Waals surface area (Å²) in [6, 6.07) is 7.75. The molecular formula is C14H18O4. The molecule has 2 unspecified atom stereocenters. The van der Waals surface area contributed by atoms with E-state index in [1.54, 1.807) is 14.0 Å². The fourth-order valence-electron chi connectivity index (χ4n) is 2.11. The Morgan fingerprint density at radius 1 is 1.44 bits per heavy atom. The summed E-state index contributed by atoms with van der Waals surface area (Å²) in [6.07, 6.45) is 0.183. The molecule has 0 aliphatic carbocycles. The zero-order valence-electron chi connectivity index (χ0n) is 10.9. The third-order valence-corrected chi connectivity index (χ3v) is 3.12. The molecule has 1 heterocycles. The van der Waals surface area contributed by atoms with Gasteiger partial charge in [0.15, 0.2) is 6.10 Å². The van der Waals surface area contributed by atoms with Crippen LogP contribution in [-0.2, 0) is 20.7 Å². The summed E-state index contributed by atoms with van der Waals surface area (Å²) in [5.41, 5.74) is 0.565. The van der Waals surface area contributed by atoms with Gasteiger partial charge in [-0.05, 0) is 25.5 Å². The van der Waals surface area contributed by atoms with Crippen molar-refractivity contribution in [2.24, 2.45) is 0 Å². The molecule has 0 radical (unpaired) electrons. The highest BCUT2D eigenvalue weighted by atomic mass is 16.7. The molecule has 98 valence electrons. The Balaban J connectivity index is 2.05. The van der Waals surface area contributed by atoms with Gasteiger partial charge >= 0.3 is 5.97 Å². The van der Waals surface area contributed by atoms with Crippen molar-refractivity contribution < 1.29 is 19.0 Å². The molecule has 2 atom stereocenters. The topological polar surface area (TPSA) is 48.1 Å². The third-order valence-electron chi connectivity index (χ3n) is 3.12. The number of benzene rings is 1. The van der Waals surface area contributed by atoms with Crippen LogP contribution < -0.4 is 4.74 Å². The zero-order valence-corrected chi connectivity index (χ0v) is 10.9. The first-order chi connectivity index (χ1) is 8.60. The highest BCUT2D eigenvalue weighted by Crippen LogP contribution is 2.41. The minimum absolute atomic E-state index is 0.283. The normalized spacial score (nSPS) is 25.6. The smallest absolute Gasteiger partial charge is 0.338 e. The van der Waals surface area contributed by atoms with E-state index in [0.717, 1.165) is 11.3 Å². The molecule has 1 fully saturated rings.